The van der Waals surface area contributed by atoms with Gasteiger partial charge in [-0.15, -0.1) is 0 Å². The second-order valence-corrected chi connectivity index (χ2v) is 5.47. The van der Waals surface area contributed by atoms with Crippen LogP contribution in [0.1, 0.15) is 15.9 Å². The van der Waals surface area contributed by atoms with E-state index in [4.69, 9.17) is 16.3 Å². The second-order valence-electron chi connectivity index (χ2n) is 5.03. The van der Waals surface area contributed by atoms with E-state index < -0.39 is 0 Å². The van der Waals surface area contributed by atoms with Gasteiger partial charge in [0.1, 0.15) is 5.75 Å². The largest absolute Gasteiger partial charge is 0.496 e. The molecule has 0 aliphatic rings. The molecular formula is C17H18ClN3O2. The topological polar surface area (TPSA) is 53.9 Å². The van der Waals surface area contributed by atoms with E-state index in [0.29, 0.717) is 16.3 Å². The van der Waals surface area contributed by atoms with E-state index in [2.05, 4.69) is 10.5 Å². The Kier molecular flexibility index (Phi) is 5.60. The van der Waals surface area contributed by atoms with E-state index in [1.165, 1.54) is 13.2 Å². The Labute approximate surface area is 140 Å². The normalized spacial score (nSPS) is 10.6. The molecule has 0 saturated carbocycles. The van der Waals surface area contributed by atoms with Crippen LogP contribution in [0.3, 0.4) is 0 Å². The van der Waals surface area contributed by atoms with Crippen molar-refractivity contribution in [1.82, 2.24) is 5.43 Å². The third kappa shape index (κ3) is 4.47. The van der Waals surface area contributed by atoms with Crippen LogP contribution in [0.2, 0.25) is 5.02 Å². The van der Waals surface area contributed by atoms with Crippen LogP contribution in [0.15, 0.2) is 47.6 Å². The van der Waals surface area contributed by atoms with E-state index in [-0.39, 0.29) is 5.91 Å². The zero-order valence-corrected chi connectivity index (χ0v) is 14.0. The maximum absolute atomic E-state index is 12.1. The van der Waals surface area contributed by atoms with E-state index in [1.807, 2.05) is 43.3 Å². The number of rotatable bonds is 5. The Morgan fingerprint density at radius 2 is 1.91 bits per heavy atom. The third-order valence-electron chi connectivity index (χ3n) is 3.20. The highest BCUT2D eigenvalue weighted by atomic mass is 35.5. The molecule has 0 aromatic heterocycles. The number of methoxy groups -OCH3 is 1. The van der Waals surface area contributed by atoms with Crippen LogP contribution >= 0.6 is 11.6 Å². The molecule has 2 aromatic rings. The lowest BCUT2D eigenvalue weighted by Gasteiger charge is -2.11. The first-order chi connectivity index (χ1) is 11.0. The summed E-state index contributed by atoms with van der Waals surface area (Å²) in [6.45, 7) is 0. The molecule has 6 heteroatoms. The summed E-state index contributed by atoms with van der Waals surface area (Å²) in [6.07, 6.45) is 1.58. The van der Waals surface area contributed by atoms with Crippen molar-refractivity contribution in [3.05, 3.63) is 58.6 Å². The van der Waals surface area contributed by atoms with Crippen molar-refractivity contribution >= 4 is 29.4 Å². The maximum Gasteiger partial charge on any atom is 0.275 e. The Balaban J connectivity index is 2.05. The molecule has 0 unspecified atom stereocenters. The van der Waals surface area contributed by atoms with Crippen LogP contribution in [0.25, 0.3) is 0 Å². The Hall–Kier alpha value is -2.53. The summed E-state index contributed by atoms with van der Waals surface area (Å²) in [7, 11) is 5.44. The lowest BCUT2D eigenvalue weighted by molar-refractivity contribution is 0.0952. The van der Waals surface area contributed by atoms with Gasteiger partial charge in [-0.3, -0.25) is 4.79 Å². The summed E-state index contributed by atoms with van der Waals surface area (Å²) in [5.74, 6) is 0.0583. The van der Waals surface area contributed by atoms with Crippen molar-refractivity contribution in [3.8, 4) is 5.75 Å². The van der Waals surface area contributed by atoms with E-state index in [9.17, 15) is 4.79 Å². The summed E-state index contributed by atoms with van der Waals surface area (Å²) >= 11 is 5.91. The van der Waals surface area contributed by atoms with Crippen LogP contribution in [0.5, 0.6) is 5.75 Å². The van der Waals surface area contributed by atoms with Crippen LogP contribution in [0, 0.1) is 0 Å². The average Bonchev–Trinajstić information content (AvgIpc) is 2.55. The zero-order valence-electron chi connectivity index (χ0n) is 13.2. The Bertz CT molecular complexity index is 712. The van der Waals surface area contributed by atoms with Gasteiger partial charge in [-0.05, 0) is 35.9 Å². The van der Waals surface area contributed by atoms with Crippen molar-refractivity contribution in [2.24, 2.45) is 5.10 Å². The van der Waals surface area contributed by atoms with Gasteiger partial charge in [0.25, 0.3) is 5.91 Å². The molecule has 2 aromatic carbocycles. The minimum Gasteiger partial charge on any atom is -0.496 e. The number of ether oxygens (including phenoxy) is 1. The number of anilines is 1. The standard InChI is InChI=1S/C17H18ClN3O2/c1-21(2)14-7-4-12(5-8-14)11-19-20-17(22)15-10-13(18)6-9-16(15)23-3/h4-11H,1-3H3,(H,20,22)/b19-11+. The number of hydrogen-bond donors (Lipinski definition) is 1. The molecule has 1 amide bonds. The average molecular weight is 332 g/mol. The first kappa shape index (κ1) is 16.8. The zero-order chi connectivity index (χ0) is 16.8. The molecule has 0 bridgehead atoms. The molecule has 0 aliphatic heterocycles. The predicted molar refractivity (Wildman–Crippen MR) is 93.8 cm³/mol. The van der Waals surface area contributed by atoms with Gasteiger partial charge in [0, 0.05) is 24.8 Å². The molecule has 0 aliphatic carbocycles. The lowest BCUT2D eigenvalue weighted by atomic mass is 10.2. The third-order valence-corrected chi connectivity index (χ3v) is 3.43. The van der Waals surface area contributed by atoms with Crippen molar-refractivity contribution in [3.63, 3.8) is 0 Å². The summed E-state index contributed by atoms with van der Waals surface area (Å²) in [4.78, 5) is 14.1. The first-order valence-electron chi connectivity index (χ1n) is 6.95. The highest BCUT2D eigenvalue weighted by molar-refractivity contribution is 6.31. The van der Waals surface area contributed by atoms with Crippen molar-refractivity contribution in [2.75, 3.05) is 26.1 Å². The number of carbonyl (C=O) groups is 1. The molecule has 5 nitrogen and oxygen atoms in total. The van der Waals surface area contributed by atoms with Gasteiger partial charge in [-0.1, -0.05) is 23.7 Å². The van der Waals surface area contributed by atoms with Crippen molar-refractivity contribution in [1.29, 1.82) is 0 Å². The van der Waals surface area contributed by atoms with E-state index in [0.717, 1.165) is 11.3 Å². The van der Waals surface area contributed by atoms with Crippen molar-refractivity contribution < 1.29 is 9.53 Å². The van der Waals surface area contributed by atoms with Gasteiger partial charge >= 0.3 is 0 Å². The van der Waals surface area contributed by atoms with Gasteiger partial charge in [0.05, 0.1) is 18.9 Å². The van der Waals surface area contributed by atoms with Crippen LogP contribution in [-0.4, -0.2) is 33.3 Å². The number of halogens is 1. The van der Waals surface area contributed by atoms with Gasteiger partial charge in [0.2, 0.25) is 0 Å². The number of amides is 1. The number of benzene rings is 2. The van der Waals surface area contributed by atoms with Crippen LogP contribution < -0.4 is 15.1 Å². The van der Waals surface area contributed by atoms with E-state index in [1.54, 1.807) is 18.3 Å². The summed E-state index contributed by atoms with van der Waals surface area (Å²) < 4.78 is 5.15. The highest BCUT2D eigenvalue weighted by Crippen LogP contribution is 2.22. The smallest absolute Gasteiger partial charge is 0.275 e. The molecule has 0 spiro atoms. The Morgan fingerprint density at radius 1 is 1.22 bits per heavy atom. The summed E-state index contributed by atoms with van der Waals surface area (Å²) in [5, 5.41) is 4.42. The minimum atomic E-state index is -0.384. The molecule has 0 radical (unpaired) electrons. The molecule has 23 heavy (non-hydrogen) atoms. The molecule has 2 rings (SSSR count). The lowest BCUT2D eigenvalue weighted by Crippen LogP contribution is -2.18. The van der Waals surface area contributed by atoms with Gasteiger partial charge in [-0.25, -0.2) is 5.43 Å². The van der Waals surface area contributed by atoms with Crippen LogP contribution in [-0.2, 0) is 0 Å². The summed E-state index contributed by atoms with van der Waals surface area (Å²) in [5.41, 5.74) is 4.78. The summed E-state index contributed by atoms with van der Waals surface area (Å²) in [6, 6.07) is 12.6. The molecule has 0 atom stereocenters. The van der Waals surface area contributed by atoms with E-state index >= 15 is 0 Å². The number of nitrogens with zero attached hydrogens (tertiary/aromatic N) is 2. The van der Waals surface area contributed by atoms with Gasteiger partial charge in [0.15, 0.2) is 0 Å². The molecule has 0 heterocycles. The number of carbonyl (C=O) groups excluding carboxylic acids is 1. The molecular weight excluding hydrogens is 314 g/mol. The number of nitrogens with one attached hydrogen (secondary N) is 1. The van der Waals surface area contributed by atoms with Gasteiger partial charge < -0.3 is 9.64 Å². The fourth-order valence-corrected chi connectivity index (χ4v) is 2.11. The fourth-order valence-electron chi connectivity index (χ4n) is 1.94. The fraction of sp³-hybridized carbons (Fsp3) is 0.176. The second kappa shape index (κ2) is 7.65. The Morgan fingerprint density at radius 3 is 2.52 bits per heavy atom. The number of hydrogen-bond acceptors (Lipinski definition) is 4. The van der Waals surface area contributed by atoms with Crippen LogP contribution in [0.4, 0.5) is 5.69 Å². The minimum absolute atomic E-state index is 0.333. The van der Waals surface area contributed by atoms with Gasteiger partial charge in [-0.2, -0.15) is 5.10 Å². The quantitative estimate of drug-likeness (QED) is 0.676. The monoisotopic (exact) mass is 331 g/mol. The first-order valence-corrected chi connectivity index (χ1v) is 7.33. The maximum atomic E-state index is 12.1. The highest BCUT2D eigenvalue weighted by Gasteiger charge is 2.12. The molecule has 0 fully saturated rings. The molecule has 1 N–H and O–H groups in total. The molecule has 120 valence electrons. The number of hydrazone groups is 1. The SMILES string of the molecule is COc1ccc(Cl)cc1C(=O)N/N=C/c1ccc(N(C)C)cc1. The predicted octanol–water partition coefficient (Wildman–Crippen LogP) is 3.18. The van der Waals surface area contributed by atoms with Crippen molar-refractivity contribution in [2.45, 2.75) is 0 Å². The molecule has 0 saturated heterocycles.